The van der Waals surface area contributed by atoms with Crippen LogP contribution in [0.1, 0.15) is 57.0 Å². The van der Waals surface area contributed by atoms with Crippen LogP contribution in [0.2, 0.25) is 0 Å². The van der Waals surface area contributed by atoms with Crippen LogP contribution in [0.25, 0.3) is 11.2 Å². The van der Waals surface area contributed by atoms with Gasteiger partial charge in [0.1, 0.15) is 5.82 Å². The molecule has 0 bridgehead atoms. The van der Waals surface area contributed by atoms with E-state index in [1.807, 2.05) is 13.0 Å². The largest absolute Gasteiger partial charge is 0.341 e. The van der Waals surface area contributed by atoms with Gasteiger partial charge in [-0.3, -0.25) is 0 Å². The third-order valence-electron chi connectivity index (χ3n) is 3.30. The number of fused-ring (bicyclic) bond motifs is 1. The fourth-order valence-electron chi connectivity index (χ4n) is 2.23. The third kappa shape index (κ3) is 3.56. The number of nitrogens with zero attached hydrogens (tertiary/aromatic N) is 2. The highest BCUT2D eigenvalue weighted by atomic mass is 15.0. The topological polar surface area (TPSA) is 41.6 Å². The molecule has 3 nitrogen and oxygen atoms in total. The minimum absolute atomic E-state index is 0.857. The van der Waals surface area contributed by atoms with Crippen molar-refractivity contribution in [3.8, 4) is 0 Å². The first-order chi connectivity index (χ1) is 8.79. The monoisotopic (exact) mass is 245 g/mol. The molecule has 98 valence electrons. The van der Waals surface area contributed by atoms with Crippen molar-refractivity contribution in [2.45, 2.75) is 58.8 Å². The molecule has 2 rings (SSSR count). The lowest BCUT2D eigenvalue weighted by atomic mass is 10.1. The Morgan fingerprint density at radius 2 is 1.78 bits per heavy atom. The van der Waals surface area contributed by atoms with Crippen molar-refractivity contribution in [1.29, 1.82) is 0 Å². The molecule has 0 saturated heterocycles. The number of aromatic amines is 1. The summed E-state index contributed by atoms with van der Waals surface area (Å²) in [5, 5.41) is 0. The average Bonchev–Trinajstić information content (AvgIpc) is 2.75. The number of H-pyrrole nitrogens is 1. The number of pyridine rings is 1. The summed E-state index contributed by atoms with van der Waals surface area (Å²) in [7, 11) is 0. The average molecular weight is 245 g/mol. The molecule has 0 fully saturated rings. The zero-order valence-corrected chi connectivity index (χ0v) is 11.5. The summed E-state index contributed by atoms with van der Waals surface area (Å²) in [6.45, 7) is 4.25. The van der Waals surface area contributed by atoms with Crippen molar-refractivity contribution >= 4 is 11.2 Å². The van der Waals surface area contributed by atoms with E-state index in [4.69, 9.17) is 0 Å². The lowest BCUT2D eigenvalue weighted by Gasteiger charge is -1.98. The fourth-order valence-corrected chi connectivity index (χ4v) is 2.23. The zero-order chi connectivity index (χ0) is 12.8. The van der Waals surface area contributed by atoms with Gasteiger partial charge in [-0.1, -0.05) is 39.0 Å². The third-order valence-corrected chi connectivity index (χ3v) is 3.30. The molecule has 0 saturated carbocycles. The molecular weight excluding hydrogens is 222 g/mol. The van der Waals surface area contributed by atoms with Crippen molar-refractivity contribution in [1.82, 2.24) is 15.0 Å². The second kappa shape index (κ2) is 6.53. The second-order valence-corrected chi connectivity index (χ2v) is 5.03. The van der Waals surface area contributed by atoms with Crippen LogP contribution < -0.4 is 0 Å². The first kappa shape index (κ1) is 13.1. The van der Waals surface area contributed by atoms with Crippen LogP contribution in [-0.2, 0) is 6.42 Å². The van der Waals surface area contributed by atoms with Crippen LogP contribution in [0.4, 0.5) is 0 Å². The van der Waals surface area contributed by atoms with Gasteiger partial charge < -0.3 is 4.98 Å². The summed E-state index contributed by atoms with van der Waals surface area (Å²) in [5.41, 5.74) is 2.94. The Balaban J connectivity index is 1.81. The minimum Gasteiger partial charge on any atom is -0.341 e. The number of nitrogens with one attached hydrogen (secondary N) is 1. The van der Waals surface area contributed by atoms with Gasteiger partial charge in [0, 0.05) is 12.1 Å². The summed E-state index contributed by atoms with van der Waals surface area (Å²) < 4.78 is 0. The number of hydrogen-bond donors (Lipinski definition) is 1. The van der Waals surface area contributed by atoms with Crippen molar-refractivity contribution in [2.75, 3.05) is 0 Å². The number of hydrogen-bond acceptors (Lipinski definition) is 2. The molecule has 0 aliphatic rings. The van der Waals surface area contributed by atoms with Crippen LogP contribution in [0.15, 0.2) is 12.1 Å². The SMILES string of the molecule is CCCCCCCCc1nc2nc(C)ccc2[nH]1. The summed E-state index contributed by atoms with van der Waals surface area (Å²) in [6, 6.07) is 4.09. The van der Waals surface area contributed by atoms with Gasteiger partial charge in [0.25, 0.3) is 0 Å². The van der Waals surface area contributed by atoms with Gasteiger partial charge in [0.2, 0.25) is 0 Å². The molecule has 0 aliphatic heterocycles. The molecule has 0 radical (unpaired) electrons. The predicted octanol–water partition coefficient (Wildman–Crippen LogP) is 4.17. The maximum Gasteiger partial charge on any atom is 0.177 e. The summed E-state index contributed by atoms with van der Waals surface area (Å²) in [6.07, 6.45) is 8.98. The Bertz CT molecular complexity index is 487. The lowest BCUT2D eigenvalue weighted by molar-refractivity contribution is 0.602. The van der Waals surface area contributed by atoms with Gasteiger partial charge in [-0.25, -0.2) is 9.97 Å². The fraction of sp³-hybridized carbons (Fsp3) is 0.600. The number of aryl methyl sites for hydroxylation is 2. The van der Waals surface area contributed by atoms with E-state index in [2.05, 4.69) is 27.9 Å². The Labute approximate surface area is 109 Å². The molecule has 0 spiro atoms. The van der Waals surface area contributed by atoms with E-state index < -0.39 is 0 Å². The van der Waals surface area contributed by atoms with Crippen molar-refractivity contribution < 1.29 is 0 Å². The van der Waals surface area contributed by atoms with E-state index in [9.17, 15) is 0 Å². The van der Waals surface area contributed by atoms with Gasteiger partial charge in [-0.05, 0) is 25.5 Å². The van der Waals surface area contributed by atoms with Crippen LogP contribution in [0.3, 0.4) is 0 Å². The molecule has 0 atom stereocenters. The molecule has 3 heteroatoms. The highest BCUT2D eigenvalue weighted by molar-refractivity contribution is 5.70. The summed E-state index contributed by atoms with van der Waals surface area (Å²) >= 11 is 0. The molecule has 2 aromatic rings. The van der Waals surface area contributed by atoms with Crippen LogP contribution in [-0.4, -0.2) is 15.0 Å². The van der Waals surface area contributed by atoms with Crippen LogP contribution >= 0.6 is 0 Å². The number of unbranched alkanes of at least 4 members (excludes halogenated alkanes) is 5. The molecule has 0 amide bonds. The molecule has 0 aliphatic carbocycles. The van der Waals surface area contributed by atoms with Gasteiger partial charge in [-0.2, -0.15) is 0 Å². The molecule has 0 aromatic carbocycles. The van der Waals surface area contributed by atoms with Crippen LogP contribution in [0, 0.1) is 6.92 Å². The first-order valence-electron chi connectivity index (χ1n) is 7.12. The Hall–Kier alpha value is -1.38. The normalized spacial score (nSPS) is 11.2. The number of rotatable bonds is 7. The van der Waals surface area contributed by atoms with Gasteiger partial charge in [0.05, 0.1) is 5.52 Å². The Morgan fingerprint density at radius 3 is 2.61 bits per heavy atom. The predicted molar refractivity (Wildman–Crippen MR) is 75.7 cm³/mol. The highest BCUT2D eigenvalue weighted by Crippen LogP contribution is 2.12. The van der Waals surface area contributed by atoms with Gasteiger partial charge >= 0.3 is 0 Å². The van der Waals surface area contributed by atoms with E-state index in [1.165, 1.54) is 38.5 Å². The smallest absolute Gasteiger partial charge is 0.177 e. The quantitative estimate of drug-likeness (QED) is 0.744. The standard InChI is InChI=1S/C15H23N3/c1-3-4-5-6-7-8-9-14-17-13-11-10-12(2)16-15(13)18-14/h10-11H,3-9H2,1-2H3,(H,16,17,18). The molecule has 1 N–H and O–H groups in total. The Morgan fingerprint density at radius 1 is 1.00 bits per heavy atom. The summed E-state index contributed by atoms with van der Waals surface area (Å²) in [4.78, 5) is 12.3. The minimum atomic E-state index is 0.857. The number of aromatic nitrogens is 3. The van der Waals surface area contributed by atoms with Crippen molar-refractivity contribution in [3.05, 3.63) is 23.7 Å². The summed E-state index contributed by atoms with van der Waals surface area (Å²) in [5.74, 6) is 1.08. The van der Waals surface area contributed by atoms with Gasteiger partial charge in [-0.15, -0.1) is 0 Å². The van der Waals surface area contributed by atoms with E-state index >= 15 is 0 Å². The molecular formula is C15H23N3. The van der Waals surface area contributed by atoms with E-state index in [1.54, 1.807) is 0 Å². The first-order valence-corrected chi connectivity index (χ1v) is 7.12. The van der Waals surface area contributed by atoms with Gasteiger partial charge in [0.15, 0.2) is 5.65 Å². The zero-order valence-electron chi connectivity index (χ0n) is 11.5. The molecule has 2 aromatic heterocycles. The second-order valence-electron chi connectivity index (χ2n) is 5.03. The molecule has 0 unspecified atom stereocenters. The van der Waals surface area contributed by atoms with E-state index in [0.717, 1.165) is 29.1 Å². The number of imidazole rings is 1. The lowest BCUT2D eigenvalue weighted by Crippen LogP contribution is -1.88. The van der Waals surface area contributed by atoms with Crippen molar-refractivity contribution in [3.63, 3.8) is 0 Å². The van der Waals surface area contributed by atoms with E-state index in [-0.39, 0.29) is 0 Å². The molecule has 2 heterocycles. The van der Waals surface area contributed by atoms with Crippen molar-refractivity contribution in [2.24, 2.45) is 0 Å². The Kier molecular flexibility index (Phi) is 4.73. The highest BCUT2D eigenvalue weighted by Gasteiger charge is 2.03. The molecule has 18 heavy (non-hydrogen) atoms. The maximum atomic E-state index is 4.54. The van der Waals surface area contributed by atoms with Crippen LogP contribution in [0.5, 0.6) is 0 Å². The van der Waals surface area contributed by atoms with E-state index in [0.29, 0.717) is 0 Å². The maximum absolute atomic E-state index is 4.54.